The number of rotatable bonds is 10. The Kier molecular flexibility index (Phi) is 9.16. The molecule has 0 aromatic heterocycles. The van der Waals surface area contributed by atoms with Crippen LogP contribution in [-0.2, 0) is 22.6 Å². The lowest BCUT2D eigenvalue weighted by molar-refractivity contribution is -0.142. The Morgan fingerprint density at radius 1 is 0.909 bits per heavy atom. The van der Waals surface area contributed by atoms with E-state index < -0.39 is 6.04 Å². The summed E-state index contributed by atoms with van der Waals surface area (Å²) in [5.74, 6) is -0.00610. The second-order valence-corrected chi connectivity index (χ2v) is 8.37. The highest BCUT2D eigenvalue weighted by molar-refractivity contribution is 6.30. The summed E-state index contributed by atoms with van der Waals surface area (Å²) in [6, 6.07) is 23.0. The Morgan fingerprint density at radius 3 is 2.27 bits per heavy atom. The molecule has 7 heteroatoms. The SMILES string of the molecule is CCNC(=O)[C@@H](Cc1ccccc1)N(Cc1cccc(Cl)c1)C(=O)COc1ccc(Cl)cc1. The van der Waals surface area contributed by atoms with Gasteiger partial charge in [-0.05, 0) is 54.4 Å². The maximum absolute atomic E-state index is 13.4. The van der Waals surface area contributed by atoms with E-state index in [-0.39, 0.29) is 25.0 Å². The van der Waals surface area contributed by atoms with Crippen molar-refractivity contribution < 1.29 is 14.3 Å². The first-order valence-electron chi connectivity index (χ1n) is 10.7. The first kappa shape index (κ1) is 24.6. The van der Waals surface area contributed by atoms with Crippen molar-refractivity contribution in [3.8, 4) is 5.75 Å². The summed E-state index contributed by atoms with van der Waals surface area (Å²) in [6.45, 7) is 2.32. The van der Waals surface area contributed by atoms with E-state index in [2.05, 4.69) is 5.32 Å². The van der Waals surface area contributed by atoms with Crippen molar-refractivity contribution in [2.24, 2.45) is 0 Å². The van der Waals surface area contributed by atoms with Gasteiger partial charge in [-0.25, -0.2) is 0 Å². The molecule has 3 rings (SSSR count). The fourth-order valence-corrected chi connectivity index (χ4v) is 3.78. The third-order valence-electron chi connectivity index (χ3n) is 5.04. The van der Waals surface area contributed by atoms with Gasteiger partial charge in [0.05, 0.1) is 0 Å². The van der Waals surface area contributed by atoms with Gasteiger partial charge in [0, 0.05) is 29.6 Å². The van der Waals surface area contributed by atoms with Gasteiger partial charge in [0.2, 0.25) is 5.91 Å². The van der Waals surface area contributed by atoms with Crippen molar-refractivity contribution in [1.82, 2.24) is 10.2 Å². The topological polar surface area (TPSA) is 58.6 Å². The summed E-state index contributed by atoms with van der Waals surface area (Å²) in [7, 11) is 0. The number of benzene rings is 3. The van der Waals surface area contributed by atoms with Gasteiger partial charge >= 0.3 is 0 Å². The minimum Gasteiger partial charge on any atom is -0.484 e. The number of nitrogens with one attached hydrogen (secondary N) is 1. The van der Waals surface area contributed by atoms with Gasteiger partial charge in [-0.3, -0.25) is 9.59 Å². The van der Waals surface area contributed by atoms with Crippen molar-refractivity contribution in [1.29, 1.82) is 0 Å². The Morgan fingerprint density at radius 2 is 1.61 bits per heavy atom. The maximum Gasteiger partial charge on any atom is 0.261 e. The number of amides is 2. The fourth-order valence-electron chi connectivity index (χ4n) is 3.44. The second-order valence-electron chi connectivity index (χ2n) is 7.49. The average molecular weight is 485 g/mol. The quantitative estimate of drug-likeness (QED) is 0.432. The van der Waals surface area contributed by atoms with Crippen LogP contribution in [0, 0.1) is 0 Å². The monoisotopic (exact) mass is 484 g/mol. The van der Waals surface area contributed by atoms with E-state index in [0.29, 0.717) is 28.8 Å². The Hall–Kier alpha value is -3.02. The van der Waals surface area contributed by atoms with Crippen LogP contribution in [0.25, 0.3) is 0 Å². The van der Waals surface area contributed by atoms with Crippen molar-refractivity contribution in [2.45, 2.75) is 25.9 Å². The molecule has 0 radical (unpaired) electrons. The summed E-state index contributed by atoms with van der Waals surface area (Å²) in [5, 5.41) is 4.01. The molecule has 0 fully saturated rings. The molecule has 2 amide bonds. The second kappa shape index (κ2) is 12.3. The van der Waals surface area contributed by atoms with Crippen LogP contribution in [0.15, 0.2) is 78.9 Å². The number of carbonyl (C=O) groups excluding carboxylic acids is 2. The predicted octanol–water partition coefficient (Wildman–Crippen LogP) is 5.15. The van der Waals surface area contributed by atoms with E-state index in [1.54, 1.807) is 41.3 Å². The normalized spacial score (nSPS) is 11.5. The van der Waals surface area contributed by atoms with Gasteiger partial charge in [0.1, 0.15) is 11.8 Å². The summed E-state index contributed by atoms with van der Waals surface area (Å²) >= 11 is 12.1. The van der Waals surface area contributed by atoms with Crippen molar-refractivity contribution in [2.75, 3.05) is 13.2 Å². The van der Waals surface area contributed by atoms with Gasteiger partial charge in [0.25, 0.3) is 5.91 Å². The van der Waals surface area contributed by atoms with Gasteiger partial charge in [-0.1, -0.05) is 65.7 Å². The molecule has 5 nitrogen and oxygen atoms in total. The molecule has 0 unspecified atom stereocenters. The molecule has 0 spiro atoms. The lowest BCUT2D eigenvalue weighted by Crippen LogP contribution is -2.51. The van der Waals surface area contributed by atoms with Crippen molar-refractivity contribution in [3.05, 3.63) is 100 Å². The zero-order chi connectivity index (χ0) is 23.6. The molecule has 0 aliphatic carbocycles. The highest BCUT2D eigenvalue weighted by Crippen LogP contribution is 2.19. The molecule has 172 valence electrons. The molecular weight excluding hydrogens is 459 g/mol. The standard InChI is InChI=1S/C26H26Cl2N2O3/c1-2-29-26(32)24(16-19-7-4-3-5-8-19)30(17-20-9-6-10-22(28)15-20)25(31)18-33-23-13-11-21(27)12-14-23/h3-15,24H,2,16-18H2,1H3,(H,29,32)/t24-/m1/s1. The zero-order valence-electron chi connectivity index (χ0n) is 18.3. The van der Waals surface area contributed by atoms with Gasteiger partial charge in [-0.2, -0.15) is 0 Å². The third-order valence-corrected chi connectivity index (χ3v) is 5.53. The van der Waals surface area contributed by atoms with Crippen LogP contribution in [0.2, 0.25) is 10.0 Å². The first-order valence-corrected chi connectivity index (χ1v) is 11.5. The Balaban J connectivity index is 1.88. The first-order chi connectivity index (χ1) is 16.0. The van der Waals surface area contributed by atoms with Crippen LogP contribution in [0.3, 0.4) is 0 Å². The summed E-state index contributed by atoms with van der Waals surface area (Å²) < 4.78 is 5.70. The smallest absolute Gasteiger partial charge is 0.261 e. The molecule has 3 aromatic carbocycles. The van der Waals surface area contributed by atoms with Crippen LogP contribution >= 0.6 is 23.2 Å². The minimum absolute atomic E-state index is 0.215. The van der Waals surface area contributed by atoms with Crippen molar-refractivity contribution >= 4 is 35.0 Å². The van der Waals surface area contributed by atoms with Gasteiger partial charge in [0.15, 0.2) is 6.61 Å². The van der Waals surface area contributed by atoms with Crippen LogP contribution in [0.1, 0.15) is 18.1 Å². The number of carbonyl (C=O) groups is 2. The molecule has 0 aliphatic heterocycles. The molecule has 0 bridgehead atoms. The maximum atomic E-state index is 13.4. The fraction of sp³-hybridized carbons (Fsp3) is 0.231. The predicted molar refractivity (Wildman–Crippen MR) is 132 cm³/mol. The number of hydrogen-bond donors (Lipinski definition) is 1. The number of hydrogen-bond acceptors (Lipinski definition) is 3. The number of ether oxygens (including phenoxy) is 1. The number of nitrogens with zero attached hydrogens (tertiary/aromatic N) is 1. The third kappa shape index (κ3) is 7.52. The zero-order valence-corrected chi connectivity index (χ0v) is 19.9. The van der Waals surface area contributed by atoms with E-state index in [0.717, 1.165) is 11.1 Å². The summed E-state index contributed by atoms with van der Waals surface area (Å²) in [4.78, 5) is 28.0. The molecule has 0 saturated heterocycles. The average Bonchev–Trinajstić information content (AvgIpc) is 2.81. The molecular formula is C26H26Cl2N2O3. The van der Waals surface area contributed by atoms with E-state index >= 15 is 0 Å². The highest BCUT2D eigenvalue weighted by Gasteiger charge is 2.30. The molecule has 0 heterocycles. The van der Waals surface area contributed by atoms with E-state index in [4.69, 9.17) is 27.9 Å². The number of halogens is 2. The molecule has 33 heavy (non-hydrogen) atoms. The lowest BCUT2D eigenvalue weighted by atomic mass is 10.0. The highest BCUT2D eigenvalue weighted by atomic mass is 35.5. The summed E-state index contributed by atoms with van der Waals surface area (Å²) in [5.41, 5.74) is 1.78. The summed E-state index contributed by atoms with van der Waals surface area (Å²) in [6.07, 6.45) is 0.375. The minimum atomic E-state index is -0.715. The molecule has 3 aromatic rings. The number of likely N-dealkylation sites (N-methyl/N-ethyl adjacent to an activating group) is 1. The van der Waals surface area contributed by atoms with E-state index in [1.807, 2.05) is 49.4 Å². The van der Waals surface area contributed by atoms with Crippen molar-refractivity contribution in [3.63, 3.8) is 0 Å². The Labute approximate surface area is 204 Å². The van der Waals surface area contributed by atoms with E-state index in [9.17, 15) is 9.59 Å². The van der Waals surface area contributed by atoms with Crippen LogP contribution < -0.4 is 10.1 Å². The molecule has 1 N–H and O–H groups in total. The molecule has 0 saturated carbocycles. The van der Waals surface area contributed by atoms with E-state index in [1.165, 1.54) is 0 Å². The lowest BCUT2D eigenvalue weighted by Gasteiger charge is -2.31. The largest absolute Gasteiger partial charge is 0.484 e. The van der Waals surface area contributed by atoms with Crippen LogP contribution in [-0.4, -0.2) is 35.9 Å². The van der Waals surface area contributed by atoms with Gasteiger partial charge < -0.3 is 15.0 Å². The molecule has 0 aliphatic rings. The van der Waals surface area contributed by atoms with Crippen LogP contribution in [0.5, 0.6) is 5.75 Å². The Bertz CT molecular complexity index is 1060. The molecule has 1 atom stereocenters. The van der Waals surface area contributed by atoms with Crippen LogP contribution in [0.4, 0.5) is 0 Å². The van der Waals surface area contributed by atoms with Gasteiger partial charge in [-0.15, -0.1) is 0 Å².